The van der Waals surface area contributed by atoms with E-state index in [2.05, 4.69) is 18.0 Å². The molecule has 7 rings (SSSR count). The molecule has 70 heavy (non-hydrogen) atoms. The Morgan fingerprint density at radius 3 is 2.30 bits per heavy atom. The van der Waals surface area contributed by atoms with Crippen molar-refractivity contribution in [3.63, 3.8) is 0 Å². The van der Waals surface area contributed by atoms with Gasteiger partial charge in [-0.25, -0.2) is 8.42 Å². The van der Waals surface area contributed by atoms with Gasteiger partial charge in [-0.15, -0.1) is 6.58 Å². The van der Waals surface area contributed by atoms with Gasteiger partial charge in [-0.1, -0.05) is 43.1 Å². The highest BCUT2D eigenvalue weighted by Crippen LogP contribution is 2.62. The van der Waals surface area contributed by atoms with E-state index in [0.717, 1.165) is 5.56 Å². The summed E-state index contributed by atoms with van der Waals surface area (Å²) < 4.78 is 52.6. The van der Waals surface area contributed by atoms with E-state index in [9.17, 15) is 35.2 Å². The molecule has 1 fully saturated rings. The van der Waals surface area contributed by atoms with Gasteiger partial charge in [0.05, 0.1) is 45.1 Å². The fourth-order valence-corrected chi connectivity index (χ4v) is 11.8. The summed E-state index contributed by atoms with van der Waals surface area (Å²) in [6.07, 6.45) is 7.81. The number of nitro groups is 2. The summed E-state index contributed by atoms with van der Waals surface area (Å²) in [5, 5.41) is 50.6. The third-order valence-electron chi connectivity index (χ3n) is 13.0. The second kappa shape index (κ2) is 22.9. The van der Waals surface area contributed by atoms with Gasteiger partial charge in [0.2, 0.25) is 21.7 Å². The van der Waals surface area contributed by atoms with Gasteiger partial charge in [-0.3, -0.25) is 25.0 Å². The minimum absolute atomic E-state index is 0.000620. The molecule has 1 amide bonds. The number of fused-ring (bicyclic) bond motifs is 2. The first-order valence-electron chi connectivity index (χ1n) is 23.5. The fraction of sp³-hybridized carbons (Fsp3) is 0.412. The van der Waals surface area contributed by atoms with E-state index in [-0.39, 0.29) is 79.2 Å². The van der Waals surface area contributed by atoms with E-state index in [4.69, 9.17) is 24.2 Å². The number of amides is 1. The number of nitrogens with one attached hydrogen (secondary N) is 1. The van der Waals surface area contributed by atoms with Crippen LogP contribution < -0.4 is 14.8 Å². The molecule has 4 aromatic rings. The second-order valence-electron chi connectivity index (χ2n) is 17.6. The third kappa shape index (κ3) is 11.2. The van der Waals surface area contributed by atoms with Gasteiger partial charge in [0.1, 0.15) is 23.9 Å². The number of carbonyl (C=O) groups excluding carboxylic acids is 1. The molecule has 6 atom stereocenters. The number of nitro benzene ring substituents is 2. The molecule has 0 saturated heterocycles. The van der Waals surface area contributed by atoms with E-state index in [0.29, 0.717) is 79.0 Å². The predicted octanol–water partition coefficient (Wildman–Crippen LogP) is 9.19. The quantitative estimate of drug-likeness (QED) is 0.0257. The van der Waals surface area contributed by atoms with Crippen LogP contribution in [0.5, 0.6) is 17.2 Å². The number of oxime groups is 1. The summed E-state index contributed by atoms with van der Waals surface area (Å²) in [5.74, 6) is -2.57. The molecule has 18 nitrogen and oxygen atoms in total. The molecule has 3 aliphatic rings. The molecule has 0 unspecified atom stereocenters. The van der Waals surface area contributed by atoms with Crippen molar-refractivity contribution in [3.8, 4) is 17.2 Å². The fourth-order valence-electron chi connectivity index (χ4n) is 10.1. The topological polar surface area (TPSA) is 242 Å². The summed E-state index contributed by atoms with van der Waals surface area (Å²) in [6, 6.07) is 21.9. The van der Waals surface area contributed by atoms with Gasteiger partial charge in [0.15, 0.2) is 0 Å². The lowest BCUT2D eigenvalue weighted by Gasteiger charge is -2.59. The lowest BCUT2D eigenvalue weighted by Crippen LogP contribution is -2.70. The van der Waals surface area contributed by atoms with Crippen molar-refractivity contribution in [3.05, 3.63) is 147 Å². The molecule has 4 aromatic carbocycles. The number of hydrogen-bond acceptors (Lipinski definition) is 14. The Morgan fingerprint density at radius 2 is 1.64 bits per heavy atom. The average molecular weight is 982 g/mol. The van der Waals surface area contributed by atoms with Crippen LogP contribution in [0.15, 0.2) is 125 Å². The minimum Gasteiger partial charge on any atom is -0.460 e. The molecule has 19 heteroatoms. The van der Waals surface area contributed by atoms with Gasteiger partial charge in [-0.2, -0.15) is 4.31 Å². The smallest absolute Gasteiger partial charge is 0.273 e. The summed E-state index contributed by atoms with van der Waals surface area (Å²) in [6.45, 7) is 7.10. The van der Waals surface area contributed by atoms with Gasteiger partial charge in [0.25, 0.3) is 11.4 Å². The number of benzene rings is 4. The Morgan fingerprint density at radius 1 is 0.943 bits per heavy atom. The van der Waals surface area contributed by atoms with Crippen molar-refractivity contribution in [1.29, 1.82) is 0 Å². The number of aliphatic hydroxyl groups is 2. The first kappa shape index (κ1) is 51.3. The molecular weight excluding hydrogens is 923 g/mol. The van der Waals surface area contributed by atoms with E-state index in [1.165, 1.54) is 65.8 Å². The Bertz CT molecular complexity index is 2700. The first-order chi connectivity index (χ1) is 33.7. The Hall–Kier alpha value is -6.51. The second-order valence-corrected chi connectivity index (χ2v) is 19.5. The number of unbranched alkanes of at least 4 members (excludes halogenated alkanes) is 2. The van der Waals surface area contributed by atoms with E-state index in [1.54, 1.807) is 36.4 Å². The van der Waals surface area contributed by atoms with Crippen LogP contribution in [-0.2, 0) is 31.0 Å². The molecule has 1 saturated carbocycles. The van der Waals surface area contributed by atoms with Crippen molar-refractivity contribution in [2.45, 2.75) is 94.5 Å². The zero-order chi connectivity index (χ0) is 50.0. The maximum Gasteiger partial charge on any atom is 0.273 e. The summed E-state index contributed by atoms with van der Waals surface area (Å²) in [5.41, 5.74) is 2.67. The molecule has 0 bridgehead atoms. The molecule has 2 aliphatic carbocycles. The predicted molar refractivity (Wildman–Crippen MR) is 261 cm³/mol. The average Bonchev–Trinajstić information content (AvgIpc) is 3.34. The molecule has 0 radical (unpaired) electrons. The number of aliphatic hydroxyl groups excluding tert-OH is 2. The van der Waals surface area contributed by atoms with E-state index < -0.39 is 43.5 Å². The van der Waals surface area contributed by atoms with Crippen LogP contribution >= 0.6 is 0 Å². The molecule has 372 valence electrons. The van der Waals surface area contributed by atoms with Crippen LogP contribution in [0.1, 0.15) is 82.3 Å². The highest BCUT2D eigenvalue weighted by molar-refractivity contribution is 7.89. The van der Waals surface area contributed by atoms with Crippen LogP contribution in [0.25, 0.3) is 0 Å². The zero-order valence-electron chi connectivity index (χ0n) is 39.2. The van der Waals surface area contributed by atoms with Crippen LogP contribution in [0.2, 0.25) is 0 Å². The van der Waals surface area contributed by atoms with Crippen LogP contribution in [0.4, 0.5) is 17.1 Å². The largest absolute Gasteiger partial charge is 0.460 e. The number of ether oxygens (including phenoxy) is 3. The standard InChI is InChI=1S/C51H59N5O13S/c1-4-25-54(70(64,65)42-22-17-37(18-23-42)52-34(3)59)48-32-46(53-67-33-35-15-19-38(20-16-35)55(60)61)44-29-36(11-6-8-26-57)43(14-7-9-27-58)49-45-31-41(68-40-13-10-12-39(30-40)56(62)63)21-24-47(45)69-51(48,50(44)49)66-28-5-2/h5,10,12-13,15-24,29-31,36,43,48-50,57-58H,2,4,6-9,11,14,25-28,32-33H2,1,3H3,(H,52,59)/t36-,43+,48-,49+,50+,51+/m0/s1. The monoisotopic (exact) mass is 981 g/mol. The van der Waals surface area contributed by atoms with Crippen molar-refractivity contribution < 1.29 is 52.3 Å². The molecule has 1 heterocycles. The number of rotatable bonds is 24. The number of allylic oxidation sites excluding steroid dienone is 1. The first-order valence-corrected chi connectivity index (χ1v) is 24.9. The van der Waals surface area contributed by atoms with E-state index >= 15 is 8.42 Å². The number of sulfonamides is 1. The van der Waals surface area contributed by atoms with Crippen molar-refractivity contribution in [1.82, 2.24) is 4.31 Å². The molecule has 3 N–H and O–H groups in total. The highest BCUT2D eigenvalue weighted by Gasteiger charge is 2.66. The van der Waals surface area contributed by atoms with Crippen molar-refractivity contribution >= 4 is 38.7 Å². The molecule has 0 aromatic heterocycles. The molecule has 1 aliphatic heterocycles. The Kier molecular flexibility index (Phi) is 16.8. The normalized spacial score (nSPS) is 22.0. The number of anilines is 1. The Balaban J connectivity index is 1.45. The number of carbonyl (C=O) groups is 1. The highest BCUT2D eigenvalue weighted by atomic mass is 32.2. The van der Waals surface area contributed by atoms with Gasteiger partial charge in [0, 0.05) is 68.5 Å². The summed E-state index contributed by atoms with van der Waals surface area (Å²) in [4.78, 5) is 40.1. The van der Waals surface area contributed by atoms with Gasteiger partial charge < -0.3 is 34.6 Å². The van der Waals surface area contributed by atoms with Crippen LogP contribution in [0, 0.1) is 38.0 Å². The summed E-state index contributed by atoms with van der Waals surface area (Å²) in [7, 11) is -4.38. The van der Waals surface area contributed by atoms with Gasteiger partial charge >= 0.3 is 0 Å². The van der Waals surface area contributed by atoms with Crippen molar-refractivity contribution in [2.75, 3.05) is 31.7 Å². The minimum atomic E-state index is -4.38. The number of non-ortho nitro benzene ring substituents is 2. The van der Waals surface area contributed by atoms with Crippen LogP contribution in [-0.4, -0.2) is 82.6 Å². The zero-order valence-corrected chi connectivity index (χ0v) is 40.0. The van der Waals surface area contributed by atoms with E-state index in [1.807, 2.05) is 13.0 Å². The summed E-state index contributed by atoms with van der Waals surface area (Å²) >= 11 is 0. The lowest BCUT2D eigenvalue weighted by atomic mass is 9.55. The number of hydrogen-bond donors (Lipinski definition) is 3. The lowest BCUT2D eigenvalue weighted by molar-refractivity contribution is -0.385. The SMILES string of the molecule is C=CCO[C@@]12Oc3ccc(Oc4cccc([N+](=O)[O-])c4)cc3[C@H]3[C@H](CCCCO)[C@@H](CCCCO)C=C(C(=NOCc4ccc([N+](=O)[O-])cc4)C[C@@H]1N(CCC)S(=O)(=O)c1ccc(NC(C)=O)cc1)[C@H]32. The maximum absolute atomic E-state index is 15.3. The Labute approximate surface area is 406 Å². The number of nitrogens with zero attached hydrogens (tertiary/aromatic N) is 4. The third-order valence-corrected chi connectivity index (χ3v) is 15.0. The molecular formula is C51H59N5O13S. The molecule has 0 spiro atoms. The van der Waals surface area contributed by atoms with Crippen LogP contribution in [0.3, 0.4) is 0 Å². The van der Waals surface area contributed by atoms with Gasteiger partial charge in [-0.05, 0) is 116 Å². The van der Waals surface area contributed by atoms with Crippen molar-refractivity contribution in [2.24, 2.45) is 22.9 Å². The maximum atomic E-state index is 15.3.